The maximum absolute atomic E-state index is 14.0. The van der Waals surface area contributed by atoms with Crippen LogP contribution in [0.5, 0.6) is 5.75 Å². The molecule has 0 unspecified atom stereocenters. The van der Waals surface area contributed by atoms with Gasteiger partial charge in [-0.2, -0.15) is 0 Å². The van der Waals surface area contributed by atoms with E-state index in [1.807, 2.05) is 4.90 Å². The molecule has 4 atom stereocenters. The summed E-state index contributed by atoms with van der Waals surface area (Å²) >= 11 is 0. The minimum Gasteiger partial charge on any atom is -0.497 e. The van der Waals surface area contributed by atoms with Crippen molar-refractivity contribution in [1.29, 1.82) is 0 Å². The van der Waals surface area contributed by atoms with Crippen molar-refractivity contribution in [3.63, 3.8) is 0 Å². The van der Waals surface area contributed by atoms with Crippen LogP contribution in [0.4, 0.5) is 17.1 Å². The number of imide groups is 1. The number of carbonyl (C=O) groups excluding carboxylic acids is 3. The Labute approximate surface area is 194 Å². The Morgan fingerprint density at radius 1 is 1.18 bits per heavy atom. The smallest absolute Gasteiger partial charge is 0.274 e. The fraction of sp³-hybridized carbons (Fsp3) is 0.375. The van der Waals surface area contributed by atoms with E-state index in [0.717, 1.165) is 11.3 Å². The van der Waals surface area contributed by atoms with Crippen LogP contribution in [0.25, 0.3) is 0 Å². The van der Waals surface area contributed by atoms with Gasteiger partial charge in [0, 0.05) is 23.4 Å². The second-order valence-electron chi connectivity index (χ2n) is 9.23. The first-order chi connectivity index (χ1) is 16.3. The summed E-state index contributed by atoms with van der Waals surface area (Å²) in [6.07, 6.45) is 1.50. The Kier molecular flexibility index (Phi) is 4.20. The van der Waals surface area contributed by atoms with Crippen molar-refractivity contribution in [2.45, 2.75) is 31.3 Å². The molecule has 3 amide bonds. The summed E-state index contributed by atoms with van der Waals surface area (Å²) in [5, 5.41) is 14.4. The fourth-order valence-electron chi connectivity index (χ4n) is 6.60. The molecule has 2 aromatic carbocycles. The van der Waals surface area contributed by atoms with Crippen molar-refractivity contribution in [1.82, 2.24) is 4.90 Å². The third-order valence-electron chi connectivity index (χ3n) is 7.91. The highest BCUT2D eigenvalue weighted by Crippen LogP contribution is 2.61. The molecule has 3 fully saturated rings. The van der Waals surface area contributed by atoms with E-state index < -0.39 is 34.1 Å². The molecule has 0 aliphatic carbocycles. The Bertz CT molecular complexity index is 1310. The lowest BCUT2D eigenvalue weighted by Crippen LogP contribution is -2.54. The molecule has 0 bridgehead atoms. The van der Waals surface area contributed by atoms with Crippen LogP contribution in [0, 0.1) is 28.9 Å². The third kappa shape index (κ3) is 2.30. The zero-order valence-electron chi connectivity index (χ0n) is 18.6. The van der Waals surface area contributed by atoms with E-state index in [1.165, 1.54) is 26.2 Å². The predicted molar refractivity (Wildman–Crippen MR) is 120 cm³/mol. The summed E-state index contributed by atoms with van der Waals surface area (Å²) < 4.78 is 5.41. The summed E-state index contributed by atoms with van der Waals surface area (Å²) in [5.74, 6) is -2.32. The molecule has 1 spiro atoms. The molecule has 174 valence electrons. The Morgan fingerprint density at radius 2 is 1.97 bits per heavy atom. The standard InChI is InChI=1S/C24H22N4O6/c1-12-16(5-3-6-17(12)28(32)33)27-21(29)19-18-7-4-10-26(18)24(20(19)22(27)30)14-11-13(34-2)8-9-15(14)25-23(24)31/h3,5-6,8-9,11,18-20H,4,7,10H2,1-2H3,(H,25,31)/t18-,19-,20-,24+/m0/s1. The van der Waals surface area contributed by atoms with Gasteiger partial charge in [-0.25, -0.2) is 4.90 Å². The highest BCUT2D eigenvalue weighted by atomic mass is 16.6. The van der Waals surface area contributed by atoms with Crippen LogP contribution in [0.15, 0.2) is 36.4 Å². The molecule has 1 N–H and O–H groups in total. The number of benzene rings is 2. The van der Waals surface area contributed by atoms with Gasteiger partial charge in [-0.15, -0.1) is 0 Å². The van der Waals surface area contributed by atoms with E-state index in [1.54, 1.807) is 24.3 Å². The molecule has 4 aliphatic heterocycles. The van der Waals surface area contributed by atoms with E-state index in [-0.39, 0.29) is 28.9 Å². The van der Waals surface area contributed by atoms with Crippen LogP contribution in [-0.4, -0.2) is 47.2 Å². The first-order valence-electron chi connectivity index (χ1n) is 11.2. The van der Waals surface area contributed by atoms with Crippen LogP contribution >= 0.6 is 0 Å². The van der Waals surface area contributed by atoms with E-state index >= 15 is 0 Å². The molecule has 0 radical (unpaired) electrons. The molecule has 10 nitrogen and oxygen atoms in total. The molecule has 3 saturated heterocycles. The first-order valence-corrected chi connectivity index (χ1v) is 11.2. The van der Waals surface area contributed by atoms with Crippen LogP contribution in [0.3, 0.4) is 0 Å². The quantitative estimate of drug-likeness (QED) is 0.422. The van der Waals surface area contributed by atoms with Crippen LogP contribution in [-0.2, 0) is 19.9 Å². The van der Waals surface area contributed by atoms with E-state index in [4.69, 9.17) is 4.74 Å². The molecule has 10 heteroatoms. The average Bonchev–Trinajstić information content (AvgIpc) is 3.52. The number of rotatable bonds is 3. The minimum absolute atomic E-state index is 0.166. The van der Waals surface area contributed by atoms with Crippen molar-refractivity contribution in [2.24, 2.45) is 11.8 Å². The number of anilines is 2. The van der Waals surface area contributed by atoms with E-state index in [2.05, 4.69) is 5.32 Å². The number of nitro benzene ring substituents is 1. The molecule has 4 heterocycles. The summed E-state index contributed by atoms with van der Waals surface area (Å²) in [6, 6.07) is 9.35. The van der Waals surface area contributed by atoms with Crippen molar-refractivity contribution in [2.75, 3.05) is 23.9 Å². The van der Waals surface area contributed by atoms with Gasteiger partial charge < -0.3 is 10.1 Å². The maximum Gasteiger partial charge on any atom is 0.274 e. The van der Waals surface area contributed by atoms with Gasteiger partial charge >= 0.3 is 0 Å². The van der Waals surface area contributed by atoms with Gasteiger partial charge in [0.15, 0.2) is 0 Å². The number of amides is 3. The molecular weight excluding hydrogens is 440 g/mol. The minimum atomic E-state index is -1.33. The number of fused-ring (bicyclic) bond motifs is 7. The largest absolute Gasteiger partial charge is 0.497 e. The van der Waals surface area contributed by atoms with Crippen molar-refractivity contribution >= 4 is 34.8 Å². The number of hydrogen-bond acceptors (Lipinski definition) is 7. The van der Waals surface area contributed by atoms with Gasteiger partial charge in [-0.05, 0) is 50.6 Å². The molecule has 34 heavy (non-hydrogen) atoms. The van der Waals surface area contributed by atoms with Crippen LogP contribution in [0.2, 0.25) is 0 Å². The Morgan fingerprint density at radius 3 is 2.71 bits per heavy atom. The highest BCUT2D eigenvalue weighted by molar-refractivity contribution is 6.26. The topological polar surface area (TPSA) is 122 Å². The number of nitrogens with one attached hydrogen (secondary N) is 1. The molecule has 6 rings (SSSR count). The van der Waals surface area contributed by atoms with Gasteiger partial charge in [0.25, 0.3) is 5.69 Å². The molecule has 0 aromatic heterocycles. The van der Waals surface area contributed by atoms with Gasteiger partial charge in [-0.1, -0.05) is 6.07 Å². The lowest BCUT2D eigenvalue weighted by atomic mass is 9.75. The normalized spacial score (nSPS) is 29.4. The SMILES string of the molecule is COc1ccc2c(c1)[C@]1(C(=O)N2)[C@@H]2C(=O)N(c3cccc([N+](=O)[O-])c3C)C(=O)[C@H]2[C@@H]2CCCN21. The predicted octanol–water partition coefficient (Wildman–Crippen LogP) is 2.34. The second kappa shape index (κ2) is 6.86. The average molecular weight is 462 g/mol. The second-order valence-corrected chi connectivity index (χ2v) is 9.23. The Balaban J connectivity index is 1.55. The molecule has 2 aromatic rings. The number of nitrogens with zero attached hydrogens (tertiary/aromatic N) is 3. The highest BCUT2D eigenvalue weighted by Gasteiger charge is 2.74. The maximum atomic E-state index is 14.0. The summed E-state index contributed by atoms with van der Waals surface area (Å²) in [5.41, 5.74) is 0.177. The van der Waals surface area contributed by atoms with Crippen LogP contribution in [0.1, 0.15) is 24.0 Å². The molecule has 0 saturated carbocycles. The van der Waals surface area contributed by atoms with E-state index in [0.29, 0.717) is 30.0 Å². The lowest BCUT2D eigenvalue weighted by molar-refractivity contribution is -0.385. The first kappa shape index (κ1) is 20.8. The molecular formula is C24H22N4O6. The number of nitro groups is 1. The van der Waals surface area contributed by atoms with Gasteiger partial charge in [0.1, 0.15) is 11.3 Å². The van der Waals surface area contributed by atoms with E-state index in [9.17, 15) is 24.5 Å². The van der Waals surface area contributed by atoms with Crippen molar-refractivity contribution in [3.05, 3.63) is 57.6 Å². The number of hydrogen-bond donors (Lipinski definition) is 1. The third-order valence-corrected chi connectivity index (χ3v) is 7.91. The van der Waals surface area contributed by atoms with Gasteiger partial charge in [0.2, 0.25) is 17.7 Å². The fourth-order valence-corrected chi connectivity index (χ4v) is 6.60. The van der Waals surface area contributed by atoms with Crippen LogP contribution < -0.4 is 15.0 Å². The zero-order chi connectivity index (χ0) is 23.9. The van der Waals surface area contributed by atoms with Crippen molar-refractivity contribution < 1.29 is 24.0 Å². The number of ether oxygens (including phenoxy) is 1. The summed E-state index contributed by atoms with van der Waals surface area (Å²) in [6.45, 7) is 2.13. The molecule has 4 aliphatic rings. The Hall–Kier alpha value is -3.79. The summed E-state index contributed by atoms with van der Waals surface area (Å²) in [4.78, 5) is 55.6. The van der Waals surface area contributed by atoms with Gasteiger partial charge in [-0.3, -0.25) is 29.4 Å². The lowest BCUT2D eigenvalue weighted by Gasteiger charge is -2.36. The van der Waals surface area contributed by atoms with Crippen molar-refractivity contribution in [3.8, 4) is 5.75 Å². The monoisotopic (exact) mass is 462 g/mol. The number of methoxy groups -OCH3 is 1. The summed E-state index contributed by atoms with van der Waals surface area (Å²) in [7, 11) is 1.53. The number of carbonyl (C=O) groups is 3. The zero-order valence-corrected chi connectivity index (χ0v) is 18.6. The van der Waals surface area contributed by atoms with Gasteiger partial charge in [0.05, 0.1) is 35.1 Å².